The highest BCUT2D eigenvalue weighted by Crippen LogP contribution is 2.40. The topological polar surface area (TPSA) is 30.9 Å². The van der Waals surface area contributed by atoms with Crippen LogP contribution in [0, 0.1) is 5.41 Å². The number of rotatable bonds is 3. The first-order valence-electron chi connectivity index (χ1n) is 7.49. The number of thiophene rings is 1. The van der Waals surface area contributed by atoms with Gasteiger partial charge in [0.15, 0.2) is 0 Å². The van der Waals surface area contributed by atoms with Crippen molar-refractivity contribution in [3.63, 3.8) is 0 Å². The van der Waals surface area contributed by atoms with Crippen molar-refractivity contribution in [1.82, 2.24) is 4.57 Å². The van der Waals surface area contributed by atoms with Gasteiger partial charge >= 0.3 is 0 Å². The molecule has 1 unspecified atom stereocenters. The molecule has 3 rings (SSSR count). The Morgan fingerprint density at radius 1 is 1.40 bits per heavy atom. The van der Waals surface area contributed by atoms with Gasteiger partial charge in [0.2, 0.25) is 0 Å². The lowest BCUT2D eigenvalue weighted by molar-refractivity contribution is 0.276. The van der Waals surface area contributed by atoms with Crippen molar-refractivity contribution in [3.8, 4) is 0 Å². The van der Waals surface area contributed by atoms with Crippen molar-refractivity contribution in [3.05, 3.63) is 45.4 Å². The number of hydrogen-bond donors (Lipinski definition) is 1. The minimum atomic E-state index is 0.198. The molecule has 2 N–H and O–H groups in total. The summed E-state index contributed by atoms with van der Waals surface area (Å²) in [5, 5.41) is 2.21. The molecule has 0 aromatic carbocycles. The first-order valence-corrected chi connectivity index (χ1v) is 8.37. The first-order chi connectivity index (χ1) is 9.50. The Kier molecular flexibility index (Phi) is 3.51. The molecule has 2 aromatic heterocycles. The SMILES string of the molecule is CCc1ccsc1Cn1ccc2c1CC(C)(C)CC2N. The second-order valence-electron chi connectivity index (χ2n) is 6.72. The van der Waals surface area contributed by atoms with Gasteiger partial charge in [-0.05, 0) is 53.3 Å². The molecule has 2 heterocycles. The Hall–Kier alpha value is -1.06. The summed E-state index contributed by atoms with van der Waals surface area (Å²) in [6.07, 6.45) is 5.57. The van der Waals surface area contributed by atoms with E-state index in [1.54, 1.807) is 0 Å². The number of nitrogens with two attached hydrogens (primary N) is 1. The molecule has 0 radical (unpaired) electrons. The summed E-state index contributed by atoms with van der Waals surface area (Å²) in [6.45, 7) is 7.89. The molecule has 1 aliphatic rings. The Labute approximate surface area is 125 Å². The third kappa shape index (κ3) is 2.45. The molecule has 2 aromatic rings. The average Bonchev–Trinajstić information content (AvgIpc) is 2.96. The molecule has 2 nitrogen and oxygen atoms in total. The third-order valence-corrected chi connectivity index (χ3v) is 5.41. The van der Waals surface area contributed by atoms with Crippen LogP contribution in [-0.4, -0.2) is 4.57 Å². The van der Waals surface area contributed by atoms with Gasteiger partial charge in [0, 0.05) is 22.8 Å². The van der Waals surface area contributed by atoms with E-state index in [1.807, 2.05) is 11.3 Å². The fourth-order valence-electron chi connectivity index (χ4n) is 3.42. The highest BCUT2D eigenvalue weighted by molar-refractivity contribution is 7.10. The summed E-state index contributed by atoms with van der Waals surface area (Å²) in [5.41, 5.74) is 11.0. The number of aryl methyl sites for hydroxylation is 1. The van der Waals surface area contributed by atoms with E-state index in [-0.39, 0.29) is 6.04 Å². The Morgan fingerprint density at radius 3 is 2.95 bits per heavy atom. The Balaban J connectivity index is 1.93. The van der Waals surface area contributed by atoms with Crippen LogP contribution >= 0.6 is 11.3 Å². The maximum Gasteiger partial charge on any atom is 0.0569 e. The van der Waals surface area contributed by atoms with Gasteiger partial charge in [-0.15, -0.1) is 11.3 Å². The summed E-state index contributed by atoms with van der Waals surface area (Å²) in [5.74, 6) is 0. The molecule has 1 atom stereocenters. The van der Waals surface area contributed by atoms with E-state index in [2.05, 4.69) is 49.0 Å². The minimum absolute atomic E-state index is 0.198. The largest absolute Gasteiger partial charge is 0.346 e. The maximum atomic E-state index is 6.35. The van der Waals surface area contributed by atoms with Crippen LogP contribution in [0.4, 0.5) is 0 Å². The van der Waals surface area contributed by atoms with E-state index < -0.39 is 0 Å². The van der Waals surface area contributed by atoms with Gasteiger partial charge in [-0.2, -0.15) is 0 Å². The fraction of sp³-hybridized carbons (Fsp3) is 0.529. The number of aromatic nitrogens is 1. The molecular formula is C17H24N2S. The van der Waals surface area contributed by atoms with E-state index in [0.717, 1.165) is 25.8 Å². The van der Waals surface area contributed by atoms with E-state index in [4.69, 9.17) is 5.73 Å². The van der Waals surface area contributed by atoms with Gasteiger partial charge in [-0.1, -0.05) is 20.8 Å². The second kappa shape index (κ2) is 5.05. The number of hydrogen-bond acceptors (Lipinski definition) is 2. The Bertz CT molecular complexity index is 606. The number of nitrogens with zero attached hydrogens (tertiary/aromatic N) is 1. The van der Waals surface area contributed by atoms with E-state index in [9.17, 15) is 0 Å². The molecule has 20 heavy (non-hydrogen) atoms. The molecule has 0 saturated heterocycles. The van der Waals surface area contributed by atoms with Crippen LogP contribution in [0.2, 0.25) is 0 Å². The lowest BCUT2D eigenvalue weighted by atomic mass is 9.74. The highest BCUT2D eigenvalue weighted by Gasteiger charge is 2.32. The van der Waals surface area contributed by atoms with Gasteiger partial charge in [-0.3, -0.25) is 0 Å². The van der Waals surface area contributed by atoms with Crippen LogP contribution in [-0.2, 0) is 19.4 Å². The predicted octanol–water partition coefficient (Wildman–Crippen LogP) is 4.13. The van der Waals surface area contributed by atoms with E-state index in [1.165, 1.54) is 21.7 Å². The predicted molar refractivity (Wildman–Crippen MR) is 86.3 cm³/mol. The van der Waals surface area contributed by atoms with Gasteiger partial charge in [0.1, 0.15) is 0 Å². The van der Waals surface area contributed by atoms with Crippen LogP contribution in [0.1, 0.15) is 54.9 Å². The monoisotopic (exact) mass is 288 g/mol. The van der Waals surface area contributed by atoms with Gasteiger partial charge in [0.05, 0.1) is 6.54 Å². The molecule has 108 valence electrons. The zero-order chi connectivity index (χ0) is 14.3. The summed E-state index contributed by atoms with van der Waals surface area (Å²) >= 11 is 1.87. The van der Waals surface area contributed by atoms with Crippen molar-refractivity contribution < 1.29 is 0 Å². The van der Waals surface area contributed by atoms with Gasteiger partial charge in [-0.25, -0.2) is 0 Å². The molecule has 1 aliphatic carbocycles. The zero-order valence-corrected chi connectivity index (χ0v) is 13.5. The lowest BCUT2D eigenvalue weighted by Crippen LogP contribution is -2.30. The maximum absolute atomic E-state index is 6.35. The molecule has 3 heteroatoms. The summed E-state index contributed by atoms with van der Waals surface area (Å²) in [6, 6.07) is 4.68. The highest BCUT2D eigenvalue weighted by atomic mass is 32.1. The summed E-state index contributed by atoms with van der Waals surface area (Å²) in [4.78, 5) is 1.49. The zero-order valence-electron chi connectivity index (χ0n) is 12.6. The van der Waals surface area contributed by atoms with E-state index >= 15 is 0 Å². The van der Waals surface area contributed by atoms with Gasteiger partial charge < -0.3 is 10.3 Å². The Morgan fingerprint density at radius 2 is 2.20 bits per heavy atom. The molecule has 0 bridgehead atoms. The molecule has 0 fully saturated rings. The van der Waals surface area contributed by atoms with Crippen molar-refractivity contribution in [2.24, 2.45) is 11.1 Å². The quantitative estimate of drug-likeness (QED) is 0.904. The molecule has 0 saturated carbocycles. The van der Waals surface area contributed by atoms with Crippen molar-refractivity contribution in [1.29, 1.82) is 0 Å². The molecule has 0 amide bonds. The standard InChI is InChI=1S/C17H24N2S/c1-4-12-6-8-20-16(12)11-19-7-5-13-14(18)9-17(2,3)10-15(13)19/h5-8,14H,4,9-11,18H2,1-3H3. The average molecular weight is 288 g/mol. The number of fused-ring (bicyclic) bond motifs is 1. The van der Waals surface area contributed by atoms with E-state index in [0.29, 0.717) is 5.41 Å². The van der Waals surface area contributed by atoms with Crippen LogP contribution in [0.15, 0.2) is 23.7 Å². The van der Waals surface area contributed by atoms with Crippen LogP contribution < -0.4 is 5.73 Å². The first kappa shape index (κ1) is 13.9. The smallest absolute Gasteiger partial charge is 0.0569 e. The van der Waals surface area contributed by atoms with Crippen molar-refractivity contribution in [2.75, 3.05) is 0 Å². The molecular weight excluding hydrogens is 264 g/mol. The van der Waals surface area contributed by atoms with Crippen LogP contribution in [0.5, 0.6) is 0 Å². The molecule has 0 aliphatic heterocycles. The molecule has 0 spiro atoms. The summed E-state index contributed by atoms with van der Waals surface area (Å²) < 4.78 is 2.42. The second-order valence-corrected chi connectivity index (χ2v) is 7.72. The summed E-state index contributed by atoms with van der Waals surface area (Å²) in [7, 11) is 0. The van der Waals surface area contributed by atoms with Crippen molar-refractivity contribution in [2.45, 2.75) is 52.6 Å². The van der Waals surface area contributed by atoms with Gasteiger partial charge in [0.25, 0.3) is 0 Å². The fourth-order valence-corrected chi connectivity index (χ4v) is 4.39. The lowest BCUT2D eigenvalue weighted by Gasteiger charge is -2.34. The van der Waals surface area contributed by atoms with Crippen LogP contribution in [0.3, 0.4) is 0 Å². The van der Waals surface area contributed by atoms with Crippen molar-refractivity contribution >= 4 is 11.3 Å². The minimum Gasteiger partial charge on any atom is -0.346 e. The normalized spacial score (nSPS) is 20.9. The van der Waals surface area contributed by atoms with Crippen LogP contribution in [0.25, 0.3) is 0 Å². The third-order valence-electron chi connectivity index (χ3n) is 4.46.